The van der Waals surface area contributed by atoms with E-state index in [1.807, 2.05) is 30.3 Å². The highest BCUT2D eigenvalue weighted by Gasteiger charge is 2.20. The molecule has 17 heavy (non-hydrogen) atoms. The lowest BCUT2D eigenvalue weighted by atomic mass is 9.98. The van der Waals surface area contributed by atoms with E-state index in [9.17, 15) is 0 Å². The van der Waals surface area contributed by atoms with Crippen molar-refractivity contribution in [1.29, 1.82) is 10.8 Å². The van der Waals surface area contributed by atoms with Crippen LogP contribution >= 0.6 is 0 Å². The molecule has 0 aliphatic carbocycles. The molecule has 1 aromatic carbocycles. The van der Waals surface area contributed by atoms with Crippen molar-refractivity contribution >= 4 is 11.8 Å². The summed E-state index contributed by atoms with van der Waals surface area (Å²) in [6.45, 7) is 1.85. The molecular weight excluding hydrogens is 214 g/mol. The van der Waals surface area contributed by atoms with E-state index in [1.54, 1.807) is 0 Å². The molecule has 4 heteroatoms. The summed E-state index contributed by atoms with van der Waals surface area (Å²) < 4.78 is 5.31. The Morgan fingerprint density at radius 3 is 2.41 bits per heavy atom. The third kappa shape index (κ3) is 3.14. The van der Waals surface area contributed by atoms with Crippen LogP contribution in [0.2, 0.25) is 0 Å². The predicted molar refractivity (Wildman–Crippen MR) is 67.7 cm³/mol. The quantitative estimate of drug-likeness (QED) is 0.538. The minimum Gasteiger partial charge on any atom is -0.425 e. The van der Waals surface area contributed by atoms with Crippen molar-refractivity contribution in [3.8, 4) is 0 Å². The Hall–Kier alpha value is -1.68. The van der Waals surface area contributed by atoms with Crippen molar-refractivity contribution < 1.29 is 4.74 Å². The van der Waals surface area contributed by atoms with E-state index >= 15 is 0 Å². The van der Waals surface area contributed by atoms with Gasteiger partial charge in [-0.1, -0.05) is 18.2 Å². The highest BCUT2D eigenvalue weighted by atomic mass is 16.5. The summed E-state index contributed by atoms with van der Waals surface area (Å²) in [7, 11) is 0. The molecule has 4 nitrogen and oxygen atoms in total. The summed E-state index contributed by atoms with van der Waals surface area (Å²) in [6, 6.07) is 9.26. The number of rotatable bonds is 2. The fourth-order valence-electron chi connectivity index (χ4n) is 1.93. The average Bonchev–Trinajstić information content (AvgIpc) is 2.40. The number of hydrogen-bond donors (Lipinski definition) is 3. The third-order valence-electron chi connectivity index (χ3n) is 2.96. The second-order valence-corrected chi connectivity index (χ2v) is 4.19. The Morgan fingerprint density at radius 1 is 1.12 bits per heavy atom. The molecule has 0 saturated carbocycles. The molecule has 0 radical (unpaired) electrons. The van der Waals surface area contributed by atoms with E-state index in [-0.39, 0.29) is 17.7 Å². The molecule has 1 aromatic rings. The maximum atomic E-state index is 7.87. The molecule has 0 unspecified atom stereocenters. The van der Waals surface area contributed by atoms with Gasteiger partial charge in [-0.25, -0.2) is 0 Å². The molecule has 3 N–H and O–H groups in total. The maximum Gasteiger partial charge on any atom is 0.220 e. The SMILES string of the molecule is N=C(OC(=N)C1CCNCC1)c1ccccc1. The number of ether oxygens (including phenoxy) is 1. The van der Waals surface area contributed by atoms with Crippen LogP contribution in [0.3, 0.4) is 0 Å². The molecule has 1 saturated heterocycles. The molecule has 2 rings (SSSR count). The van der Waals surface area contributed by atoms with Crippen molar-refractivity contribution in [1.82, 2.24) is 5.32 Å². The Kier molecular flexibility index (Phi) is 3.88. The summed E-state index contributed by atoms with van der Waals surface area (Å²) in [5.41, 5.74) is 0.714. The van der Waals surface area contributed by atoms with Crippen molar-refractivity contribution in [3.05, 3.63) is 35.9 Å². The van der Waals surface area contributed by atoms with Gasteiger partial charge in [-0.3, -0.25) is 10.8 Å². The minimum atomic E-state index is 0.0640. The van der Waals surface area contributed by atoms with Crippen LogP contribution in [-0.4, -0.2) is 24.9 Å². The maximum absolute atomic E-state index is 7.87. The van der Waals surface area contributed by atoms with Gasteiger partial charge in [0, 0.05) is 11.5 Å². The van der Waals surface area contributed by atoms with Gasteiger partial charge in [-0.2, -0.15) is 0 Å². The van der Waals surface area contributed by atoms with Gasteiger partial charge in [0.2, 0.25) is 5.90 Å². The molecule has 0 atom stereocenters. The van der Waals surface area contributed by atoms with Crippen molar-refractivity contribution in [2.75, 3.05) is 13.1 Å². The van der Waals surface area contributed by atoms with Crippen LogP contribution in [0.4, 0.5) is 0 Å². The largest absolute Gasteiger partial charge is 0.425 e. The zero-order valence-corrected chi connectivity index (χ0v) is 9.70. The Morgan fingerprint density at radius 2 is 1.76 bits per heavy atom. The van der Waals surface area contributed by atoms with E-state index in [0.717, 1.165) is 25.9 Å². The topological polar surface area (TPSA) is 69.0 Å². The molecule has 1 fully saturated rings. The summed E-state index contributed by atoms with van der Waals surface area (Å²) in [5, 5.41) is 18.9. The van der Waals surface area contributed by atoms with Crippen molar-refractivity contribution in [3.63, 3.8) is 0 Å². The molecule has 0 amide bonds. The van der Waals surface area contributed by atoms with E-state index in [2.05, 4.69) is 5.32 Å². The lowest BCUT2D eigenvalue weighted by molar-refractivity contribution is 0.392. The summed E-state index contributed by atoms with van der Waals surface area (Å²) in [4.78, 5) is 0. The van der Waals surface area contributed by atoms with E-state index < -0.39 is 0 Å². The Balaban J connectivity index is 1.92. The first kappa shape index (κ1) is 11.8. The normalized spacial score (nSPS) is 16.5. The number of nitrogens with one attached hydrogen (secondary N) is 3. The molecule has 90 valence electrons. The number of hydrogen-bond acceptors (Lipinski definition) is 4. The third-order valence-corrected chi connectivity index (χ3v) is 2.96. The van der Waals surface area contributed by atoms with Crippen LogP contribution in [0.5, 0.6) is 0 Å². The first-order chi connectivity index (χ1) is 8.27. The van der Waals surface area contributed by atoms with E-state index in [0.29, 0.717) is 5.56 Å². The van der Waals surface area contributed by atoms with Gasteiger partial charge in [-0.05, 0) is 38.1 Å². The Labute approximate surface area is 101 Å². The van der Waals surface area contributed by atoms with Gasteiger partial charge >= 0.3 is 0 Å². The smallest absolute Gasteiger partial charge is 0.220 e. The first-order valence-electron chi connectivity index (χ1n) is 5.88. The molecule has 0 aromatic heterocycles. The molecule has 1 aliphatic rings. The lowest BCUT2D eigenvalue weighted by Crippen LogP contribution is -2.33. The van der Waals surface area contributed by atoms with Crippen LogP contribution in [0.1, 0.15) is 18.4 Å². The Bertz CT molecular complexity index is 396. The molecule has 1 heterocycles. The van der Waals surface area contributed by atoms with E-state index in [1.165, 1.54) is 0 Å². The first-order valence-corrected chi connectivity index (χ1v) is 5.88. The average molecular weight is 231 g/mol. The van der Waals surface area contributed by atoms with Crippen LogP contribution < -0.4 is 5.32 Å². The highest BCUT2D eigenvalue weighted by Crippen LogP contribution is 2.14. The highest BCUT2D eigenvalue weighted by molar-refractivity contribution is 5.99. The van der Waals surface area contributed by atoms with Gasteiger partial charge in [0.15, 0.2) is 5.90 Å². The van der Waals surface area contributed by atoms with Crippen molar-refractivity contribution in [2.24, 2.45) is 5.92 Å². The molecular formula is C13H17N3O. The fraction of sp³-hybridized carbons (Fsp3) is 0.385. The van der Waals surface area contributed by atoms with Gasteiger partial charge in [-0.15, -0.1) is 0 Å². The molecule has 0 spiro atoms. The van der Waals surface area contributed by atoms with Gasteiger partial charge in [0.1, 0.15) is 0 Å². The summed E-state index contributed by atoms with van der Waals surface area (Å²) in [5.74, 6) is 0.440. The second-order valence-electron chi connectivity index (χ2n) is 4.19. The van der Waals surface area contributed by atoms with Crippen LogP contribution in [0.25, 0.3) is 0 Å². The second kappa shape index (κ2) is 5.59. The molecule has 0 bridgehead atoms. The summed E-state index contributed by atoms with van der Waals surface area (Å²) in [6.07, 6.45) is 1.84. The van der Waals surface area contributed by atoms with Crippen LogP contribution in [0.15, 0.2) is 30.3 Å². The standard InChI is InChI=1S/C13H17N3O/c14-12(10-4-2-1-3-5-10)17-13(15)11-6-8-16-9-7-11/h1-5,11,14-16H,6-9H2. The van der Waals surface area contributed by atoms with Gasteiger partial charge in [0.05, 0.1) is 0 Å². The lowest BCUT2D eigenvalue weighted by Gasteiger charge is -2.22. The zero-order chi connectivity index (χ0) is 12.1. The summed E-state index contributed by atoms with van der Waals surface area (Å²) >= 11 is 0. The number of piperidine rings is 1. The monoisotopic (exact) mass is 231 g/mol. The van der Waals surface area contributed by atoms with Gasteiger partial charge < -0.3 is 10.1 Å². The predicted octanol–water partition coefficient (Wildman–Crippen LogP) is 2.01. The van der Waals surface area contributed by atoms with Crippen LogP contribution in [-0.2, 0) is 4.74 Å². The molecule has 1 aliphatic heterocycles. The zero-order valence-electron chi connectivity index (χ0n) is 9.70. The van der Waals surface area contributed by atoms with Crippen LogP contribution in [0, 0.1) is 16.7 Å². The fourth-order valence-corrected chi connectivity index (χ4v) is 1.93. The van der Waals surface area contributed by atoms with Crippen molar-refractivity contribution in [2.45, 2.75) is 12.8 Å². The number of benzene rings is 1. The van der Waals surface area contributed by atoms with Gasteiger partial charge in [0.25, 0.3) is 0 Å². The van der Waals surface area contributed by atoms with E-state index in [4.69, 9.17) is 15.6 Å². The minimum absolute atomic E-state index is 0.0640.